The highest BCUT2D eigenvalue weighted by atomic mass is 28.4. The van der Waals surface area contributed by atoms with Gasteiger partial charge in [0.25, 0.3) is 0 Å². The Labute approximate surface area is 301 Å². The number of hydrogen-bond acceptors (Lipinski definition) is 5. The molecule has 0 aromatic heterocycles. The second-order valence-electron chi connectivity index (χ2n) is 18.1. The average Bonchev–Trinajstić information content (AvgIpc) is 3.34. The Hall–Kier alpha value is -1.94. The van der Waals surface area contributed by atoms with Crippen LogP contribution in [0.1, 0.15) is 110 Å². The van der Waals surface area contributed by atoms with Crippen LogP contribution in [0.4, 0.5) is 0 Å². The molecule has 0 radical (unpaired) electrons. The van der Waals surface area contributed by atoms with E-state index >= 15 is 0 Å². The summed E-state index contributed by atoms with van der Waals surface area (Å²) in [5.41, 5.74) is 3.61. The van der Waals surface area contributed by atoms with Crippen molar-refractivity contribution in [1.29, 1.82) is 0 Å². The lowest BCUT2D eigenvalue weighted by molar-refractivity contribution is -0.147. The topological polar surface area (TPSA) is 54.0 Å². The molecule has 2 aromatic carbocycles. The predicted molar refractivity (Wildman–Crippen MR) is 208 cm³/mol. The molecular formula is C42H68O5Si2. The van der Waals surface area contributed by atoms with Gasteiger partial charge in [-0.3, -0.25) is 0 Å². The highest BCUT2D eigenvalue weighted by Crippen LogP contribution is 2.52. The quantitative estimate of drug-likeness (QED) is 0.0987. The number of esters is 1. The molecule has 274 valence electrons. The van der Waals surface area contributed by atoms with E-state index in [0.717, 1.165) is 49.8 Å². The largest absolute Gasteiger partial charge is 0.482 e. The maximum Gasteiger partial charge on any atom is 0.344 e. The van der Waals surface area contributed by atoms with Gasteiger partial charge in [0.15, 0.2) is 23.2 Å². The molecule has 2 aliphatic rings. The van der Waals surface area contributed by atoms with Gasteiger partial charge in [-0.25, -0.2) is 4.79 Å². The molecule has 0 unspecified atom stereocenters. The molecule has 2 aliphatic carbocycles. The summed E-state index contributed by atoms with van der Waals surface area (Å²) in [6.07, 6.45) is 10.9. The Bertz CT molecular complexity index is 1340. The number of carbonyl (C=O) groups excluding carboxylic acids is 1. The Morgan fingerprint density at radius 3 is 2.20 bits per heavy atom. The molecular weight excluding hydrogens is 641 g/mol. The highest BCUT2D eigenvalue weighted by molar-refractivity contribution is 6.74. The molecule has 0 amide bonds. The molecule has 0 aliphatic heterocycles. The lowest BCUT2D eigenvalue weighted by Gasteiger charge is -2.42. The lowest BCUT2D eigenvalue weighted by Crippen LogP contribution is -2.46. The minimum Gasteiger partial charge on any atom is -0.482 e. The van der Waals surface area contributed by atoms with Crippen LogP contribution < -0.4 is 4.74 Å². The summed E-state index contributed by atoms with van der Waals surface area (Å²) in [5.74, 6) is 2.13. The first-order valence-corrected chi connectivity index (χ1v) is 25.0. The fourth-order valence-electron chi connectivity index (χ4n) is 7.37. The number of hydrogen-bond donors (Lipinski definition) is 0. The first kappa shape index (κ1) is 39.8. The molecule has 5 nitrogen and oxygen atoms in total. The second kappa shape index (κ2) is 16.6. The van der Waals surface area contributed by atoms with Crippen molar-refractivity contribution in [2.45, 2.75) is 161 Å². The zero-order chi connectivity index (χ0) is 36.0. The van der Waals surface area contributed by atoms with E-state index in [1.54, 1.807) is 0 Å². The van der Waals surface area contributed by atoms with Crippen molar-refractivity contribution in [3.05, 3.63) is 65.2 Å². The van der Waals surface area contributed by atoms with E-state index in [2.05, 4.69) is 86.8 Å². The third-order valence-electron chi connectivity index (χ3n) is 12.4. The van der Waals surface area contributed by atoms with E-state index < -0.39 is 16.6 Å². The van der Waals surface area contributed by atoms with Crippen molar-refractivity contribution >= 4 is 22.6 Å². The van der Waals surface area contributed by atoms with Gasteiger partial charge >= 0.3 is 5.97 Å². The maximum atomic E-state index is 12.6. The number of carbonyl (C=O) groups is 1. The van der Waals surface area contributed by atoms with Crippen LogP contribution in [0.3, 0.4) is 0 Å². The molecule has 0 spiro atoms. The SMILES string of the molecule is CCCCC[C@@H](CC[C@@H]1[C@H]2Cc3cccc(OCC(=O)OCc4ccccc4)c3C[C@H]2C[C@H]1O[Si](C)(C)C(C)(C)C)O[Si](C)(C)C(C)(C)C. The summed E-state index contributed by atoms with van der Waals surface area (Å²) in [6.45, 7) is 26.3. The van der Waals surface area contributed by atoms with Gasteiger partial charge < -0.3 is 18.3 Å². The normalized spacial score (nSPS) is 21.9. The van der Waals surface area contributed by atoms with E-state index in [-0.39, 0.29) is 35.4 Å². The first-order chi connectivity index (χ1) is 22.9. The van der Waals surface area contributed by atoms with E-state index in [4.69, 9.17) is 18.3 Å². The molecule has 1 fully saturated rings. The van der Waals surface area contributed by atoms with Crippen molar-refractivity contribution in [1.82, 2.24) is 0 Å². The number of ether oxygens (including phenoxy) is 2. The van der Waals surface area contributed by atoms with Crippen LogP contribution >= 0.6 is 0 Å². The van der Waals surface area contributed by atoms with Crippen molar-refractivity contribution in [3.63, 3.8) is 0 Å². The number of rotatable bonds is 16. The smallest absolute Gasteiger partial charge is 0.344 e. The van der Waals surface area contributed by atoms with Crippen LogP contribution in [0.2, 0.25) is 36.3 Å². The van der Waals surface area contributed by atoms with Crippen molar-refractivity contribution in [2.75, 3.05) is 6.61 Å². The number of benzene rings is 2. The van der Waals surface area contributed by atoms with Gasteiger partial charge in [-0.05, 0) is 115 Å². The average molecular weight is 709 g/mol. The monoisotopic (exact) mass is 708 g/mol. The van der Waals surface area contributed by atoms with E-state index in [1.807, 2.05) is 36.4 Å². The molecule has 1 saturated carbocycles. The van der Waals surface area contributed by atoms with Gasteiger partial charge in [-0.2, -0.15) is 0 Å². The second-order valence-corrected chi connectivity index (χ2v) is 27.6. The molecule has 0 saturated heterocycles. The van der Waals surface area contributed by atoms with E-state index in [1.165, 1.54) is 30.4 Å². The third-order valence-corrected chi connectivity index (χ3v) is 21.4. The lowest BCUT2D eigenvalue weighted by atomic mass is 9.73. The predicted octanol–water partition coefficient (Wildman–Crippen LogP) is 11.3. The van der Waals surface area contributed by atoms with Gasteiger partial charge in [-0.1, -0.05) is 110 Å². The van der Waals surface area contributed by atoms with Crippen molar-refractivity contribution < 1.29 is 23.1 Å². The van der Waals surface area contributed by atoms with Gasteiger partial charge in [-0.15, -0.1) is 0 Å². The molecule has 49 heavy (non-hydrogen) atoms. The summed E-state index contributed by atoms with van der Waals surface area (Å²) in [5, 5.41) is 0.368. The maximum absolute atomic E-state index is 12.6. The van der Waals surface area contributed by atoms with Gasteiger partial charge in [0.05, 0.1) is 0 Å². The van der Waals surface area contributed by atoms with E-state index in [0.29, 0.717) is 23.9 Å². The minimum absolute atomic E-state index is 0.0786. The Kier molecular flexibility index (Phi) is 13.5. The zero-order valence-corrected chi connectivity index (χ0v) is 34.8. The summed E-state index contributed by atoms with van der Waals surface area (Å²) in [6, 6.07) is 16.2. The summed E-state index contributed by atoms with van der Waals surface area (Å²) in [4.78, 5) is 12.6. The van der Waals surface area contributed by atoms with Crippen molar-refractivity contribution in [2.24, 2.45) is 17.8 Å². The first-order valence-electron chi connectivity index (χ1n) is 19.2. The highest BCUT2D eigenvalue weighted by Gasteiger charge is 2.50. The fraction of sp³-hybridized carbons (Fsp3) is 0.690. The molecule has 0 bridgehead atoms. The van der Waals surface area contributed by atoms with Gasteiger partial charge in [0.2, 0.25) is 0 Å². The Morgan fingerprint density at radius 2 is 1.55 bits per heavy atom. The van der Waals surface area contributed by atoms with Crippen LogP contribution in [-0.2, 0) is 37.8 Å². The standard InChI is InChI=1S/C42H68O5Si2/c1-12-13-15-22-34(46-48(8,9)41(2,3)4)24-25-35-36-26-32-21-18-23-38(44-30-40(43)45-29-31-19-16-14-17-20-31)37(32)27-33(36)28-39(35)47-49(10,11)42(5,6)7/h14,16-21,23,33-36,39H,12-13,15,22,24-30H2,1-11H3/t33-,34-,35+,36-,39+/m0/s1. The minimum atomic E-state index is -1.97. The molecule has 0 N–H and O–H groups in total. The third kappa shape index (κ3) is 10.6. The van der Waals surface area contributed by atoms with E-state index in [9.17, 15) is 4.79 Å². The zero-order valence-electron chi connectivity index (χ0n) is 32.8. The van der Waals surface area contributed by atoms with Gasteiger partial charge in [0, 0.05) is 12.2 Å². The Balaban J connectivity index is 1.51. The fourth-order valence-corrected chi connectivity index (χ4v) is 10.2. The molecule has 2 aromatic rings. The summed E-state index contributed by atoms with van der Waals surface area (Å²) >= 11 is 0. The molecule has 0 heterocycles. The van der Waals surface area contributed by atoms with Gasteiger partial charge in [0.1, 0.15) is 12.4 Å². The van der Waals surface area contributed by atoms with Crippen LogP contribution in [0, 0.1) is 17.8 Å². The van der Waals surface area contributed by atoms with Crippen LogP contribution in [0.15, 0.2) is 48.5 Å². The molecule has 5 atom stereocenters. The number of unbranched alkanes of at least 4 members (excludes halogenated alkanes) is 2. The molecule has 7 heteroatoms. The van der Waals surface area contributed by atoms with Crippen LogP contribution in [0.25, 0.3) is 0 Å². The van der Waals surface area contributed by atoms with Crippen LogP contribution in [-0.4, -0.2) is 41.4 Å². The number of fused-ring (bicyclic) bond motifs is 2. The molecule has 4 rings (SSSR count). The Morgan fingerprint density at radius 1 is 0.857 bits per heavy atom. The summed E-state index contributed by atoms with van der Waals surface area (Å²) in [7, 11) is -3.85. The summed E-state index contributed by atoms with van der Waals surface area (Å²) < 4.78 is 26.2. The van der Waals surface area contributed by atoms with Crippen molar-refractivity contribution in [3.8, 4) is 5.75 Å². The van der Waals surface area contributed by atoms with Crippen LogP contribution in [0.5, 0.6) is 5.75 Å².